The number of nitrogens with two attached hydrogens (primary N) is 1. The van der Waals surface area contributed by atoms with Gasteiger partial charge in [-0.3, -0.25) is 4.98 Å². The number of aliphatic hydroxyl groups excluding tert-OH is 1. The van der Waals surface area contributed by atoms with Gasteiger partial charge in [-0.2, -0.15) is 0 Å². The first-order valence-electron chi connectivity index (χ1n) is 5.00. The molecule has 0 saturated heterocycles. The summed E-state index contributed by atoms with van der Waals surface area (Å²) in [5.74, 6) is 0. The summed E-state index contributed by atoms with van der Waals surface area (Å²) in [5, 5.41) is 10.8. The number of aromatic nitrogens is 1. The SMILES string of the molecule is CC(N)(CO)c1c(Cl)ccc2cccnc12. The lowest BCUT2D eigenvalue weighted by Crippen LogP contribution is -2.37. The summed E-state index contributed by atoms with van der Waals surface area (Å²) in [6.45, 7) is 1.56. The predicted molar refractivity (Wildman–Crippen MR) is 65.4 cm³/mol. The zero-order chi connectivity index (χ0) is 11.8. The van der Waals surface area contributed by atoms with E-state index >= 15 is 0 Å². The van der Waals surface area contributed by atoms with Crippen molar-refractivity contribution in [1.82, 2.24) is 4.98 Å². The van der Waals surface area contributed by atoms with Crippen LogP contribution < -0.4 is 5.73 Å². The molecule has 0 fully saturated rings. The van der Waals surface area contributed by atoms with E-state index in [-0.39, 0.29) is 6.61 Å². The number of fused-ring (bicyclic) bond motifs is 1. The normalized spacial score (nSPS) is 15.0. The summed E-state index contributed by atoms with van der Waals surface area (Å²) >= 11 is 6.14. The number of aliphatic hydroxyl groups is 1. The third kappa shape index (κ3) is 1.78. The molecule has 2 aromatic rings. The van der Waals surface area contributed by atoms with Crippen molar-refractivity contribution in [3.63, 3.8) is 0 Å². The second-order valence-corrected chi connectivity index (χ2v) is 4.48. The van der Waals surface area contributed by atoms with Crippen LogP contribution in [0.2, 0.25) is 5.02 Å². The van der Waals surface area contributed by atoms with Crippen LogP contribution in [0.15, 0.2) is 30.5 Å². The second kappa shape index (κ2) is 4.01. The van der Waals surface area contributed by atoms with Crippen molar-refractivity contribution < 1.29 is 5.11 Å². The van der Waals surface area contributed by atoms with Gasteiger partial charge in [-0.1, -0.05) is 23.7 Å². The number of nitrogens with zero attached hydrogens (tertiary/aromatic N) is 1. The van der Waals surface area contributed by atoms with E-state index in [0.717, 1.165) is 10.9 Å². The highest BCUT2D eigenvalue weighted by Gasteiger charge is 2.25. The van der Waals surface area contributed by atoms with Crippen molar-refractivity contribution in [2.45, 2.75) is 12.5 Å². The molecule has 0 amide bonds. The van der Waals surface area contributed by atoms with Crippen LogP contribution in [0.4, 0.5) is 0 Å². The molecule has 0 aliphatic carbocycles. The van der Waals surface area contributed by atoms with Gasteiger partial charge in [0.15, 0.2) is 0 Å². The van der Waals surface area contributed by atoms with E-state index in [1.165, 1.54) is 0 Å². The molecular formula is C12H13ClN2O. The predicted octanol–water partition coefficient (Wildman–Crippen LogP) is 2.05. The van der Waals surface area contributed by atoms with E-state index in [9.17, 15) is 5.11 Å². The van der Waals surface area contributed by atoms with Gasteiger partial charge in [0, 0.05) is 22.2 Å². The minimum atomic E-state index is -0.884. The Morgan fingerprint density at radius 2 is 2.19 bits per heavy atom. The third-order valence-corrected chi connectivity index (χ3v) is 2.94. The van der Waals surface area contributed by atoms with Crippen LogP contribution in [0.1, 0.15) is 12.5 Å². The molecule has 1 atom stereocenters. The van der Waals surface area contributed by atoms with Crippen molar-refractivity contribution in [2.24, 2.45) is 5.73 Å². The summed E-state index contributed by atoms with van der Waals surface area (Å²) in [6.07, 6.45) is 1.69. The van der Waals surface area contributed by atoms with Crippen LogP contribution >= 0.6 is 11.6 Å². The van der Waals surface area contributed by atoms with E-state index in [2.05, 4.69) is 4.98 Å². The second-order valence-electron chi connectivity index (χ2n) is 4.07. The zero-order valence-electron chi connectivity index (χ0n) is 8.94. The van der Waals surface area contributed by atoms with Gasteiger partial charge < -0.3 is 10.8 Å². The van der Waals surface area contributed by atoms with Crippen LogP contribution in [0.25, 0.3) is 10.9 Å². The lowest BCUT2D eigenvalue weighted by molar-refractivity contribution is 0.211. The average Bonchev–Trinajstić information content (AvgIpc) is 2.28. The molecule has 1 aromatic heterocycles. The number of hydrogen-bond acceptors (Lipinski definition) is 3. The molecule has 1 unspecified atom stereocenters. The van der Waals surface area contributed by atoms with E-state index in [1.807, 2.05) is 18.2 Å². The van der Waals surface area contributed by atoms with Crippen LogP contribution in [0, 0.1) is 0 Å². The van der Waals surface area contributed by atoms with Gasteiger partial charge in [0.2, 0.25) is 0 Å². The zero-order valence-corrected chi connectivity index (χ0v) is 9.70. The Morgan fingerprint density at radius 1 is 1.44 bits per heavy atom. The van der Waals surface area contributed by atoms with Crippen LogP contribution in [0.3, 0.4) is 0 Å². The Balaban J connectivity index is 2.81. The molecule has 4 heteroatoms. The molecule has 0 aliphatic rings. The summed E-state index contributed by atoms with van der Waals surface area (Å²) in [6, 6.07) is 7.46. The molecule has 2 rings (SSSR count). The minimum absolute atomic E-state index is 0.178. The first-order valence-corrected chi connectivity index (χ1v) is 5.37. The summed E-state index contributed by atoms with van der Waals surface area (Å²) in [4.78, 5) is 4.28. The molecule has 0 bridgehead atoms. The summed E-state index contributed by atoms with van der Waals surface area (Å²) < 4.78 is 0. The van der Waals surface area contributed by atoms with Gasteiger partial charge in [0.25, 0.3) is 0 Å². The van der Waals surface area contributed by atoms with E-state index < -0.39 is 5.54 Å². The Morgan fingerprint density at radius 3 is 2.88 bits per heavy atom. The Bertz CT molecular complexity index is 525. The summed E-state index contributed by atoms with van der Waals surface area (Å²) in [5.41, 5.74) is 6.58. The number of halogens is 1. The molecule has 0 spiro atoms. The van der Waals surface area contributed by atoms with Crippen molar-refractivity contribution in [1.29, 1.82) is 0 Å². The molecule has 16 heavy (non-hydrogen) atoms. The topological polar surface area (TPSA) is 59.1 Å². The quantitative estimate of drug-likeness (QED) is 0.839. The molecule has 0 saturated carbocycles. The van der Waals surface area contributed by atoms with E-state index in [1.54, 1.807) is 19.2 Å². The Labute approximate surface area is 98.9 Å². The highest BCUT2D eigenvalue weighted by molar-refractivity contribution is 6.32. The van der Waals surface area contributed by atoms with Gasteiger partial charge >= 0.3 is 0 Å². The van der Waals surface area contributed by atoms with Crippen molar-refractivity contribution in [2.75, 3.05) is 6.61 Å². The maximum atomic E-state index is 9.32. The molecular weight excluding hydrogens is 224 g/mol. The van der Waals surface area contributed by atoms with Gasteiger partial charge in [-0.05, 0) is 19.1 Å². The van der Waals surface area contributed by atoms with Crippen molar-refractivity contribution >= 4 is 22.5 Å². The smallest absolute Gasteiger partial charge is 0.0768 e. The fraction of sp³-hybridized carbons (Fsp3) is 0.250. The van der Waals surface area contributed by atoms with Gasteiger partial charge in [-0.25, -0.2) is 0 Å². The van der Waals surface area contributed by atoms with Crippen molar-refractivity contribution in [3.8, 4) is 0 Å². The Kier molecular flexibility index (Phi) is 2.84. The fourth-order valence-electron chi connectivity index (χ4n) is 1.74. The monoisotopic (exact) mass is 236 g/mol. The van der Waals surface area contributed by atoms with Gasteiger partial charge in [0.1, 0.15) is 0 Å². The highest BCUT2D eigenvalue weighted by Crippen LogP contribution is 2.31. The molecule has 0 radical (unpaired) electrons. The molecule has 3 nitrogen and oxygen atoms in total. The molecule has 1 aromatic carbocycles. The molecule has 1 heterocycles. The van der Waals surface area contributed by atoms with Crippen LogP contribution in [-0.2, 0) is 5.54 Å². The van der Waals surface area contributed by atoms with Gasteiger partial charge in [-0.15, -0.1) is 0 Å². The average molecular weight is 237 g/mol. The first-order chi connectivity index (χ1) is 7.56. The Hall–Kier alpha value is -1.16. The lowest BCUT2D eigenvalue weighted by atomic mass is 9.92. The maximum absolute atomic E-state index is 9.32. The number of benzene rings is 1. The highest BCUT2D eigenvalue weighted by atomic mass is 35.5. The largest absolute Gasteiger partial charge is 0.394 e. The first kappa shape index (κ1) is 11.3. The van der Waals surface area contributed by atoms with Crippen LogP contribution in [0.5, 0.6) is 0 Å². The van der Waals surface area contributed by atoms with Crippen LogP contribution in [-0.4, -0.2) is 16.7 Å². The minimum Gasteiger partial charge on any atom is -0.394 e. The number of pyridine rings is 1. The third-order valence-electron chi connectivity index (χ3n) is 2.62. The van der Waals surface area contributed by atoms with E-state index in [4.69, 9.17) is 17.3 Å². The molecule has 3 N–H and O–H groups in total. The van der Waals surface area contributed by atoms with E-state index in [0.29, 0.717) is 10.6 Å². The molecule has 84 valence electrons. The number of hydrogen-bond donors (Lipinski definition) is 2. The maximum Gasteiger partial charge on any atom is 0.0768 e. The van der Waals surface area contributed by atoms with Gasteiger partial charge in [0.05, 0.1) is 17.7 Å². The summed E-state index contributed by atoms with van der Waals surface area (Å²) in [7, 11) is 0. The number of rotatable bonds is 2. The lowest BCUT2D eigenvalue weighted by Gasteiger charge is -2.24. The van der Waals surface area contributed by atoms with Crippen molar-refractivity contribution in [3.05, 3.63) is 41.0 Å². The molecule has 0 aliphatic heterocycles. The standard InChI is InChI=1S/C12H13ClN2O/c1-12(14,7-16)10-9(13)5-4-8-3-2-6-15-11(8)10/h2-6,16H,7,14H2,1H3. The fourth-order valence-corrected chi connectivity index (χ4v) is 2.11.